The summed E-state index contributed by atoms with van der Waals surface area (Å²) in [7, 11) is 0. The van der Waals surface area contributed by atoms with Crippen LogP contribution in [0.5, 0.6) is 0 Å². The molecule has 0 radical (unpaired) electrons. The van der Waals surface area contributed by atoms with Gasteiger partial charge in [0.05, 0.1) is 6.42 Å². The van der Waals surface area contributed by atoms with Gasteiger partial charge >= 0.3 is 0 Å². The molecule has 2 aromatic carbocycles. The largest absolute Gasteiger partial charge is 0.372 e. The molecule has 4 heteroatoms. The zero-order valence-electron chi connectivity index (χ0n) is 15.7. The number of rotatable bonds is 6. The predicted octanol–water partition coefficient (Wildman–Crippen LogP) is 4.34. The van der Waals surface area contributed by atoms with Crippen molar-refractivity contribution >= 4 is 22.9 Å². The number of Topliss-reactive ketones (excluding diaryl/α,β-unsaturated/α-hetero) is 2. The van der Waals surface area contributed by atoms with E-state index in [2.05, 4.69) is 9.80 Å². The molecule has 0 N–H and O–H groups in total. The third kappa shape index (κ3) is 4.05. The summed E-state index contributed by atoms with van der Waals surface area (Å²) in [6.07, 6.45) is 4.83. The Morgan fingerprint density at radius 1 is 0.593 bits per heavy atom. The second kappa shape index (κ2) is 7.95. The smallest absolute Gasteiger partial charge is 0.170 e. The molecular formula is C23H26N2O2. The minimum Gasteiger partial charge on any atom is -0.372 e. The highest BCUT2D eigenvalue weighted by Crippen LogP contribution is 2.23. The van der Waals surface area contributed by atoms with Crippen LogP contribution in [0, 0.1) is 0 Å². The summed E-state index contributed by atoms with van der Waals surface area (Å²) in [5, 5.41) is 0. The maximum atomic E-state index is 12.5. The molecule has 2 saturated heterocycles. The van der Waals surface area contributed by atoms with Gasteiger partial charge in [0.1, 0.15) is 0 Å². The van der Waals surface area contributed by atoms with E-state index in [1.165, 1.54) is 25.7 Å². The van der Waals surface area contributed by atoms with Gasteiger partial charge in [0.25, 0.3) is 0 Å². The molecule has 2 heterocycles. The third-order valence-corrected chi connectivity index (χ3v) is 5.64. The van der Waals surface area contributed by atoms with Crippen LogP contribution < -0.4 is 9.80 Å². The van der Waals surface area contributed by atoms with E-state index in [-0.39, 0.29) is 18.0 Å². The maximum Gasteiger partial charge on any atom is 0.170 e. The Labute approximate surface area is 160 Å². The fourth-order valence-corrected chi connectivity index (χ4v) is 4.02. The second-order valence-electron chi connectivity index (χ2n) is 7.51. The van der Waals surface area contributed by atoms with E-state index >= 15 is 0 Å². The van der Waals surface area contributed by atoms with Crippen molar-refractivity contribution in [1.82, 2.24) is 0 Å². The second-order valence-corrected chi connectivity index (χ2v) is 7.51. The number of nitrogens with zero attached hydrogens (tertiary/aromatic N) is 2. The number of anilines is 2. The summed E-state index contributed by atoms with van der Waals surface area (Å²) < 4.78 is 0. The molecule has 27 heavy (non-hydrogen) atoms. The Bertz CT molecular complexity index is 730. The van der Waals surface area contributed by atoms with Crippen molar-refractivity contribution in [1.29, 1.82) is 0 Å². The van der Waals surface area contributed by atoms with Crippen LogP contribution in [0.4, 0.5) is 11.4 Å². The average molecular weight is 362 g/mol. The van der Waals surface area contributed by atoms with Gasteiger partial charge in [-0.3, -0.25) is 9.59 Å². The van der Waals surface area contributed by atoms with Crippen molar-refractivity contribution in [2.75, 3.05) is 36.0 Å². The molecule has 2 aliphatic rings. The molecule has 0 atom stereocenters. The number of hydrogen-bond donors (Lipinski definition) is 0. The molecule has 0 aliphatic carbocycles. The highest BCUT2D eigenvalue weighted by molar-refractivity contribution is 6.13. The summed E-state index contributed by atoms with van der Waals surface area (Å²) in [6, 6.07) is 15.4. The highest BCUT2D eigenvalue weighted by atomic mass is 16.1. The lowest BCUT2D eigenvalue weighted by Gasteiger charge is -2.17. The van der Waals surface area contributed by atoms with Crippen LogP contribution in [0.25, 0.3) is 0 Å². The molecule has 4 rings (SSSR count). The molecule has 0 aromatic heterocycles. The topological polar surface area (TPSA) is 40.6 Å². The Kier molecular flexibility index (Phi) is 5.23. The number of carbonyl (C=O) groups excluding carboxylic acids is 2. The van der Waals surface area contributed by atoms with Crippen LogP contribution in [0.2, 0.25) is 0 Å². The molecule has 2 fully saturated rings. The van der Waals surface area contributed by atoms with Gasteiger partial charge in [0, 0.05) is 48.7 Å². The van der Waals surface area contributed by atoms with Crippen LogP contribution in [-0.4, -0.2) is 37.7 Å². The van der Waals surface area contributed by atoms with Gasteiger partial charge in [0.2, 0.25) is 0 Å². The first kappa shape index (κ1) is 17.8. The minimum atomic E-state index is -0.114. The molecule has 0 unspecified atom stereocenters. The van der Waals surface area contributed by atoms with E-state index in [1.807, 2.05) is 48.5 Å². The predicted molar refractivity (Wildman–Crippen MR) is 109 cm³/mol. The first-order valence-corrected chi connectivity index (χ1v) is 9.97. The lowest BCUT2D eigenvalue weighted by Crippen LogP contribution is -2.18. The van der Waals surface area contributed by atoms with Gasteiger partial charge in [0.15, 0.2) is 11.6 Å². The average Bonchev–Trinajstić information content (AvgIpc) is 3.42. The molecule has 140 valence electrons. The fraction of sp³-hybridized carbons (Fsp3) is 0.391. The van der Waals surface area contributed by atoms with Crippen molar-refractivity contribution in [3.8, 4) is 0 Å². The molecule has 2 aromatic rings. The van der Waals surface area contributed by atoms with Gasteiger partial charge in [-0.1, -0.05) is 0 Å². The van der Waals surface area contributed by atoms with Crippen molar-refractivity contribution in [3.63, 3.8) is 0 Å². The van der Waals surface area contributed by atoms with E-state index < -0.39 is 0 Å². The summed E-state index contributed by atoms with van der Waals surface area (Å²) in [4.78, 5) is 29.7. The fourth-order valence-electron chi connectivity index (χ4n) is 4.02. The number of carbonyl (C=O) groups is 2. The Morgan fingerprint density at radius 3 is 1.26 bits per heavy atom. The Balaban J connectivity index is 1.37. The number of ketones is 2. The van der Waals surface area contributed by atoms with E-state index in [0.717, 1.165) is 37.6 Å². The first-order chi connectivity index (χ1) is 13.2. The quantitative estimate of drug-likeness (QED) is 0.566. The summed E-state index contributed by atoms with van der Waals surface area (Å²) in [5.74, 6) is -0.229. The molecule has 4 nitrogen and oxygen atoms in total. The molecule has 0 saturated carbocycles. The molecule has 2 aliphatic heterocycles. The molecule has 0 spiro atoms. The van der Waals surface area contributed by atoms with Crippen LogP contribution in [0.3, 0.4) is 0 Å². The van der Waals surface area contributed by atoms with Gasteiger partial charge < -0.3 is 9.80 Å². The van der Waals surface area contributed by atoms with Crippen LogP contribution in [-0.2, 0) is 0 Å². The first-order valence-electron chi connectivity index (χ1n) is 9.97. The number of hydrogen-bond acceptors (Lipinski definition) is 4. The van der Waals surface area contributed by atoms with Crippen molar-refractivity contribution in [2.45, 2.75) is 32.1 Å². The Hall–Kier alpha value is -2.62. The standard InChI is InChI=1S/C23H26N2O2/c26-22(18-5-9-20(10-6-18)24-13-1-2-14-24)17-23(27)19-7-11-21(12-8-19)25-15-3-4-16-25/h5-12H,1-4,13-17H2. The van der Waals surface area contributed by atoms with Crippen molar-refractivity contribution in [2.24, 2.45) is 0 Å². The normalized spacial score (nSPS) is 16.7. The zero-order chi connectivity index (χ0) is 18.6. The zero-order valence-corrected chi connectivity index (χ0v) is 15.7. The molecule has 0 amide bonds. The SMILES string of the molecule is O=C(CC(=O)c1ccc(N2CCCC2)cc1)c1ccc(N2CCCC2)cc1. The van der Waals surface area contributed by atoms with E-state index in [9.17, 15) is 9.59 Å². The van der Waals surface area contributed by atoms with Gasteiger partial charge in [-0.25, -0.2) is 0 Å². The van der Waals surface area contributed by atoms with Crippen LogP contribution in [0.1, 0.15) is 52.8 Å². The van der Waals surface area contributed by atoms with E-state index in [0.29, 0.717) is 11.1 Å². The maximum absolute atomic E-state index is 12.5. The van der Waals surface area contributed by atoms with Gasteiger partial charge in [-0.05, 0) is 74.2 Å². The lowest BCUT2D eigenvalue weighted by molar-refractivity contribution is 0.0894. The van der Waals surface area contributed by atoms with Crippen molar-refractivity contribution in [3.05, 3.63) is 59.7 Å². The van der Waals surface area contributed by atoms with Gasteiger partial charge in [-0.2, -0.15) is 0 Å². The lowest BCUT2D eigenvalue weighted by atomic mass is 10.0. The van der Waals surface area contributed by atoms with Crippen LogP contribution in [0.15, 0.2) is 48.5 Å². The monoisotopic (exact) mass is 362 g/mol. The highest BCUT2D eigenvalue weighted by Gasteiger charge is 2.17. The Morgan fingerprint density at radius 2 is 0.926 bits per heavy atom. The summed E-state index contributed by atoms with van der Waals surface area (Å²) >= 11 is 0. The van der Waals surface area contributed by atoms with E-state index in [4.69, 9.17) is 0 Å². The number of benzene rings is 2. The van der Waals surface area contributed by atoms with Gasteiger partial charge in [-0.15, -0.1) is 0 Å². The van der Waals surface area contributed by atoms with E-state index in [1.54, 1.807) is 0 Å². The summed E-state index contributed by atoms with van der Waals surface area (Å²) in [6.45, 7) is 4.33. The van der Waals surface area contributed by atoms with Crippen molar-refractivity contribution < 1.29 is 9.59 Å². The minimum absolute atomic E-state index is 0.0773. The third-order valence-electron chi connectivity index (χ3n) is 5.64. The summed E-state index contributed by atoms with van der Waals surface area (Å²) in [5.41, 5.74) is 3.54. The molecular weight excluding hydrogens is 336 g/mol. The van der Waals surface area contributed by atoms with Crippen LogP contribution >= 0.6 is 0 Å². The molecule has 0 bridgehead atoms.